The topological polar surface area (TPSA) is 58.6 Å². The summed E-state index contributed by atoms with van der Waals surface area (Å²) < 4.78 is 4.89. The predicted octanol–water partition coefficient (Wildman–Crippen LogP) is 6.64. The van der Waals surface area contributed by atoms with E-state index in [-0.39, 0.29) is 5.91 Å². The van der Waals surface area contributed by atoms with E-state index in [1.165, 1.54) is 32.1 Å². The number of carbonyl (C=O) groups is 1. The number of aliphatic hydroxyl groups excluding tert-OH is 1. The molecule has 4 nitrogen and oxygen atoms in total. The maximum atomic E-state index is 12.7. The zero-order chi connectivity index (χ0) is 24.4. The maximum Gasteiger partial charge on any atom is 0.239 e. The van der Waals surface area contributed by atoms with Crippen molar-refractivity contribution in [1.82, 2.24) is 5.32 Å². The SMILES string of the molecule is C=C(/C=C(\C)NC(=O)C(C)(C)SC1CCOCC1)C(C)(C)C(O)CC.CCCCC1CC1. The molecule has 186 valence electrons. The number of hydrogen-bond acceptors (Lipinski definition) is 4. The lowest BCUT2D eigenvalue weighted by Crippen LogP contribution is -2.41. The van der Waals surface area contributed by atoms with Gasteiger partial charge in [0, 0.05) is 29.6 Å². The number of amides is 1. The highest BCUT2D eigenvalue weighted by molar-refractivity contribution is 8.01. The van der Waals surface area contributed by atoms with Crippen LogP contribution >= 0.6 is 11.8 Å². The second-order valence-electron chi connectivity index (χ2n) is 10.5. The van der Waals surface area contributed by atoms with Crippen LogP contribution < -0.4 is 5.32 Å². The first-order valence-corrected chi connectivity index (χ1v) is 13.4. The summed E-state index contributed by atoms with van der Waals surface area (Å²) in [5.74, 6) is 1.15. The lowest BCUT2D eigenvalue weighted by molar-refractivity contribution is -0.121. The van der Waals surface area contributed by atoms with Crippen molar-refractivity contribution in [2.75, 3.05) is 13.2 Å². The smallest absolute Gasteiger partial charge is 0.239 e. The molecule has 1 heterocycles. The van der Waals surface area contributed by atoms with Crippen LogP contribution in [0.3, 0.4) is 0 Å². The van der Waals surface area contributed by atoms with Gasteiger partial charge in [0.15, 0.2) is 0 Å². The highest BCUT2D eigenvalue weighted by atomic mass is 32.2. The second kappa shape index (κ2) is 13.8. The van der Waals surface area contributed by atoms with Gasteiger partial charge in [-0.3, -0.25) is 4.79 Å². The number of rotatable bonds is 11. The Morgan fingerprint density at radius 2 is 1.78 bits per heavy atom. The van der Waals surface area contributed by atoms with Gasteiger partial charge >= 0.3 is 0 Å². The summed E-state index contributed by atoms with van der Waals surface area (Å²) in [6.45, 7) is 19.6. The summed E-state index contributed by atoms with van der Waals surface area (Å²) in [5.41, 5.74) is 1.15. The maximum absolute atomic E-state index is 12.7. The molecule has 0 bridgehead atoms. The summed E-state index contributed by atoms with van der Waals surface area (Å²) in [6, 6.07) is 0. The van der Waals surface area contributed by atoms with Crippen molar-refractivity contribution >= 4 is 17.7 Å². The van der Waals surface area contributed by atoms with Crippen LogP contribution in [0.15, 0.2) is 23.9 Å². The van der Waals surface area contributed by atoms with Gasteiger partial charge in [0.1, 0.15) is 0 Å². The fourth-order valence-corrected chi connectivity index (χ4v) is 5.12. The Balaban J connectivity index is 0.000000616. The Morgan fingerprint density at radius 3 is 2.28 bits per heavy atom. The number of nitrogens with one attached hydrogen (secondary N) is 1. The molecule has 2 rings (SSSR count). The average molecular weight is 468 g/mol. The van der Waals surface area contributed by atoms with Crippen molar-refractivity contribution in [1.29, 1.82) is 0 Å². The van der Waals surface area contributed by atoms with E-state index in [0.29, 0.717) is 11.7 Å². The van der Waals surface area contributed by atoms with Gasteiger partial charge in [0.2, 0.25) is 5.91 Å². The largest absolute Gasteiger partial charge is 0.392 e. The van der Waals surface area contributed by atoms with Gasteiger partial charge in [-0.1, -0.05) is 66.4 Å². The quantitative estimate of drug-likeness (QED) is 0.335. The van der Waals surface area contributed by atoms with Crippen LogP contribution in [0.25, 0.3) is 0 Å². The van der Waals surface area contributed by atoms with E-state index in [4.69, 9.17) is 4.74 Å². The van der Waals surface area contributed by atoms with E-state index in [1.807, 2.05) is 47.6 Å². The molecular formula is C27H49NO3S. The molecule has 1 atom stereocenters. The first kappa shape index (κ1) is 29.3. The van der Waals surface area contributed by atoms with E-state index < -0.39 is 16.3 Å². The van der Waals surface area contributed by atoms with E-state index in [9.17, 15) is 9.90 Å². The molecule has 0 aromatic heterocycles. The molecule has 32 heavy (non-hydrogen) atoms. The van der Waals surface area contributed by atoms with Gasteiger partial charge < -0.3 is 15.2 Å². The van der Waals surface area contributed by atoms with Gasteiger partial charge in [-0.25, -0.2) is 0 Å². The minimum absolute atomic E-state index is 0.000567. The van der Waals surface area contributed by atoms with E-state index in [1.54, 1.807) is 11.8 Å². The monoisotopic (exact) mass is 467 g/mol. The second-order valence-corrected chi connectivity index (χ2v) is 12.4. The lowest BCUT2D eigenvalue weighted by atomic mass is 9.78. The van der Waals surface area contributed by atoms with Crippen LogP contribution in [-0.2, 0) is 9.53 Å². The number of ether oxygens (including phenoxy) is 1. The van der Waals surface area contributed by atoms with Crippen LogP contribution in [0.4, 0.5) is 0 Å². The molecule has 2 N–H and O–H groups in total. The Morgan fingerprint density at radius 1 is 1.19 bits per heavy atom. The highest BCUT2D eigenvalue weighted by Gasteiger charge is 2.33. The van der Waals surface area contributed by atoms with Gasteiger partial charge in [-0.15, -0.1) is 11.8 Å². The summed E-state index contributed by atoms with van der Waals surface area (Å²) in [7, 11) is 0. The molecule has 1 unspecified atom stereocenters. The van der Waals surface area contributed by atoms with Gasteiger partial charge in [0.25, 0.3) is 0 Å². The highest BCUT2D eigenvalue weighted by Crippen LogP contribution is 2.35. The number of hydrogen-bond donors (Lipinski definition) is 2. The zero-order valence-corrected chi connectivity index (χ0v) is 22.6. The van der Waals surface area contributed by atoms with Crippen molar-refractivity contribution in [2.24, 2.45) is 11.3 Å². The van der Waals surface area contributed by atoms with Gasteiger partial charge in [0.05, 0.1) is 10.9 Å². The van der Waals surface area contributed by atoms with Crippen LogP contribution in [0.5, 0.6) is 0 Å². The molecule has 1 aliphatic heterocycles. The summed E-state index contributed by atoms with van der Waals surface area (Å²) >= 11 is 1.72. The third-order valence-corrected chi connectivity index (χ3v) is 8.17. The van der Waals surface area contributed by atoms with Gasteiger partial charge in [-0.05, 0) is 57.6 Å². The van der Waals surface area contributed by atoms with Crippen molar-refractivity contribution in [3.63, 3.8) is 0 Å². The normalized spacial score (nSPS) is 19.1. The number of thioether (sulfide) groups is 1. The van der Waals surface area contributed by atoms with Crippen LogP contribution in [0.1, 0.15) is 99.8 Å². The van der Waals surface area contributed by atoms with Crippen molar-refractivity contribution < 1.29 is 14.6 Å². The summed E-state index contributed by atoms with van der Waals surface area (Å²) in [6.07, 6.45) is 11.5. The molecule has 2 aliphatic rings. The first-order valence-electron chi connectivity index (χ1n) is 12.6. The molecule has 0 radical (unpaired) electrons. The standard InChI is InChI=1S/C20H35NO3S.C7H14/c1-8-17(22)19(4,5)14(2)13-15(3)21-18(23)20(6,7)25-16-9-11-24-12-10-16;1-2-3-4-7-5-6-7/h13,16-17,22H,2,8-12H2,1,3-7H3,(H,21,23);7H,2-6H2,1H3/b15-13+;. The zero-order valence-electron chi connectivity index (χ0n) is 21.8. The molecule has 1 aliphatic carbocycles. The van der Waals surface area contributed by atoms with E-state index in [0.717, 1.165) is 43.2 Å². The Labute approximate surface area is 202 Å². The molecule has 0 aromatic carbocycles. The summed E-state index contributed by atoms with van der Waals surface area (Å²) in [5, 5.41) is 13.6. The molecule has 0 aromatic rings. The van der Waals surface area contributed by atoms with Gasteiger partial charge in [-0.2, -0.15) is 0 Å². The number of aliphatic hydroxyl groups is 1. The third kappa shape index (κ3) is 10.4. The number of unbranched alkanes of at least 4 members (excludes halogenated alkanes) is 1. The predicted molar refractivity (Wildman–Crippen MR) is 139 cm³/mol. The van der Waals surface area contributed by atoms with Crippen molar-refractivity contribution in [3.05, 3.63) is 23.9 Å². The fraction of sp³-hybridized carbons (Fsp3) is 0.815. The molecule has 1 amide bonds. The van der Waals surface area contributed by atoms with E-state index >= 15 is 0 Å². The molecule has 0 spiro atoms. The minimum atomic E-state index is -0.503. The molecule has 5 heteroatoms. The fourth-order valence-electron chi connectivity index (χ4n) is 3.70. The van der Waals surface area contributed by atoms with Crippen LogP contribution in [0.2, 0.25) is 0 Å². The number of carbonyl (C=O) groups excluding carboxylic acids is 1. The van der Waals surface area contributed by atoms with Crippen molar-refractivity contribution in [3.8, 4) is 0 Å². The van der Waals surface area contributed by atoms with Crippen molar-refractivity contribution in [2.45, 2.75) is 116 Å². The number of allylic oxidation sites excluding steroid dienone is 2. The summed E-state index contributed by atoms with van der Waals surface area (Å²) in [4.78, 5) is 12.7. The Kier molecular flexibility index (Phi) is 12.6. The Bertz CT molecular complexity index is 616. The Hall–Kier alpha value is -0.780. The first-order chi connectivity index (χ1) is 14.9. The molecule has 2 fully saturated rings. The molecule has 1 saturated heterocycles. The minimum Gasteiger partial charge on any atom is -0.392 e. The molecular weight excluding hydrogens is 418 g/mol. The van der Waals surface area contributed by atoms with E-state index in [2.05, 4.69) is 18.8 Å². The molecule has 1 saturated carbocycles. The average Bonchev–Trinajstić information content (AvgIpc) is 3.56. The third-order valence-electron chi connectivity index (χ3n) is 6.59. The van der Waals surface area contributed by atoms with Crippen LogP contribution in [-0.4, -0.2) is 40.3 Å². The lowest BCUT2D eigenvalue weighted by Gasteiger charge is -2.32. The van der Waals surface area contributed by atoms with Crippen LogP contribution in [0, 0.1) is 11.3 Å².